The summed E-state index contributed by atoms with van der Waals surface area (Å²) in [7, 11) is 1.70. The predicted molar refractivity (Wildman–Crippen MR) is 65.3 cm³/mol. The minimum absolute atomic E-state index is 0.0985. The number of rotatable bonds is 3. The van der Waals surface area contributed by atoms with E-state index in [-0.39, 0.29) is 17.2 Å². The highest BCUT2D eigenvalue weighted by Gasteiger charge is 2.38. The average Bonchev–Trinajstić information content (AvgIpc) is 2.16. The van der Waals surface area contributed by atoms with Crippen molar-refractivity contribution in [2.45, 2.75) is 44.9 Å². The van der Waals surface area contributed by atoms with Gasteiger partial charge in [0.25, 0.3) is 0 Å². The molecule has 1 unspecified atom stereocenters. The van der Waals surface area contributed by atoms with Gasteiger partial charge in [-0.2, -0.15) is 0 Å². The summed E-state index contributed by atoms with van der Waals surface area (Å²) in [6.07, 6.45) is 5.68. The Balaban J connectivity index is 2.77. The van der Waals surface area contributed by atoms with Gasteiger partial charge in [0.1, 0.15) is 0 Å². The molecule has 0 saturated carbocycles. The molecule has 0 aromatic carbocycles. The maximum absolute atomic E-state index is 5.95. The van der Waals surface area contributed by atoms with Gasteiger partial charge in [0, 0.05) is 20.2 Å². The molecule has 1 fully saturated rings. The second-order valence-electron chi connectivity index (χ2n) is 5.54. The molecule has 0 aromatic rings. The Morgan fingerprint density at radius 2 is 2.19 bits per heavy atom. The van der Waals surface area contributed by atoms with Gasteiger partial charge >= 0.3 is 0 Å². The molecule has 1 saturated heterocycles. The van der Waals surface area contributed by atoms with Crippen molar-refractivity contribution in [2.75, 3.05) is 26.8 Å². The summed E-state index contributed by atoms with van der Waals surface area (Å²) in [5, 5.41) is 0. The van der Waals surface area contributed by atoms with Crippen molar-refractivity contribution >= 4 is 0 Å². The molecule has 3 nitrogen and oxygen atoms in total. The summed E-state index contributed by atoms with van der Waals surface area (Å²) in [4.78, 5) is 2.29. The fourth-order valence-corrected chi connectivity index (χ4v) is 2.09. The van der Waals surface area contributed by atoms with Crippen molar-refractivity contribution in [3.05, 3.63) is 0 Å². The molecular weight excluding hydrogens is 202 g/mol. The quantitative estimate of drug-likeness (QED) is 0.680. The van der Waals surface area contributed by atoms with Gasteiger partial charge < -0.3 is 9.47 Å². The number of nitrogens with zero attached hydrogens (tertiary/aromatic N) is 1. The molecule has 3 heteroatoms. The number of ether oxygens (including phenoxy) is 2. The minimum atomic E-state index is -0.229. The van der Waals surface area contributed by atoms with E-state index in [1.807, 2.05) is 0 Å². The number of terminal acetylenes is 1. The lowest BCUT2D eigenvalue weighted by molar-refractivity contribution is -0.163. The largest absolute Gasteiger partial charge is 0.382 e. The van der Waals surface area contributed by atoms with Gasteiger partial charge in [0.05, 0.1) is 23.9 Å². The summed E-state index contributed by atoms with van der Waals surface area (Å²) >= 11 is 0. The third kappa shape index (κ3) is 3.21. The van der Waals surface area contributed by atoms with Crippen LogP contribution in [0.4, 0.5) is 0 Å². The standard InChI is InChI=1S/C13H23NO2/c1-7-12(2,3)14-8-11(9-15-6)16-13(4,5)10-14/h1,11H,8-10H2,2-6H3. The summed E-state index contributed by atoms with van der Waals surface area (Å²) in [6.45, 7) is 10.6. The van der Waals surface area contributed by atoms with Crippen molar-refractivity contribution in [1.82, 2.24) is 4.90 Å². The van der Waals surface area contributed by atoms with Crippen LogP contribution in [0.3, 0.4) is 0 Å². The number of morpholine rings is 1. The first kappa shape index (κ1) is 13.5. The van der Waals surface area contributed by atoms with Gasteiger partial charge in [-0.15, -0.1) is 6.42 Å². The smallest absolute Gasteiger partial charge is 0.0943 e. The van der Waals surface area contributed by atoms with Crippen LogP contribution >= 0.6 is 0 Å². The molecule has 0 N–H and O–H groups in total. The van der Waals surface area contributed by atoms with Gasteiger partial charge in [0.2, 0.25) is 0 Å². The molecule has 0 aliphatic carbocycles. The third-order valence-electron chi connectivity index (χ3n) is 2.98. The third-order valence-corrected chi connectivity index (χ3v) is 2.98. The molecule has 1 rings (SSSR count). The Bertz CT molecular complexity index is 278. The molecule has 1 aliphatic rings. The molecule has 92 valence electrons. The zero-order chi connectivity index (χ0) is 12.4. The maximum Gasteiger partial charge on any atom is 0.0943 e. The van der Waals surface area contributed by atoms with Gasteiger partial charge in [-0.3, -0.25) is 4.90 Å². The fraction of sp³-hybridized carbons (Fsp3) is 0.846. The van der Waals surface area contributed by atoms with E-state index in [0.717, 1.165) is 13.1 Å². The van der Waals surface area contributed by atoms with Crippen LogP contribution in [0.15, 0.2) is 0 Å². The van der Waals surface area contributed by atoms with Gasteiger partial charge in [0.15, 0.2) is 0 Å². The first-order valence-corrected chi connectivity index (χ1v) is 5.70. The molecule has 0 bridgehead atoms. The number of methoxy groups -OCH3 is 1. The highest BCUT2D eigenvalue weighted by molar-refractivity contribution is 5.10. The van der Waals surface area contributed by atoms with Crippen LogP contribution in [0, 0.1) is 12.3 Å². The zero-order valence-corrected chi connectivity index (χ0v) is 11.0. The van der Waals surface area contributed by atoms with E-state index in [1.165, 1.54) is 0 Å². The molecule has 1 heterocycles. The lowest BCUT2D eigenvalue weighted by atomic mass is 9.97. The monoisotopic (exact) mass is 225 g/mol. The summed E-state index contributed by atoms with van der Waals surface area (Å²) in [5.41, 5.74) is -0.400. The van der Waals surface area contributed by atoms with Crippen molar-refractivity contribution in [3.63, 3.8) is 0 Å². The number of hydrogen-bond acceptors (Lipinski definition) is 3. The molecule has 1 aliphatic heterocycles. The van der Waals surface area contributed by atoms with Crippen LogP contribution < -0.4 is 0 Å². The maximum atomic E-state index is 5.95. The van der Waals surface area contributed by atoms with Crippen LogP contribution in [-0.2, 0) is 9.47 Å². The summed E-state index contributed by atoms with van der Waals surface area (Å²) < 4.78 is 11.1. The summed E-state index contributed by atoms with van der Waals surface area (Å²) in [6, 6.07) is 0. The van der Waals surface area contributed by atoms with Crippen molar-refractivity contribution in [3.8, 4) is 12.3 Å². The average molecular weight is 225 g/mol. The zero-order valence-electron chi connectivity index (χ0n) is 11.0. The van der Waals surface area contributed by atoms with Crippen LogP contribution in [0.2, 0.25) is 0 Å². The van der Waals surface area contributed by atoms with Crippen LogP contribution in [0.25, 0.3) is 0 Å². The van der Waals surface area contributed by atoms with Crippen molar-refractivity contribution in [1.29, 1.82) is 0 Å². The highest BCUT2D eigenvalue weighted by Crippen LogP contribution is 2.26. The van der Waals surface area contributed by atoms with E-state index in [0.29, 0.717) is 6.61 Å². The lowest BCUT2D eigenvalue weighted by Crippen LogP contribution is -2.59. The molecule has 0 aromatic heterocycles. The van der Waals surface area contributed by atoms with E-state index in [2.05, 4.69) is 38.5 Å². The van der Waals surface area contributed by atoms with Crippen LogP contribution in [-0.4, -0.2) is 49.0 Å². The Kier molecular flexibility index (Phi) is 4.01. The Morgan fingerprint density at radius 1 is 1.56 bits per heavy atom. The SMILES string of the molecule is C#CC(C)(C)N1CC(COC)OC(C)(C)C1. The Hall–Kier alpha value is -0.560. The van der Waals surface area contributed by atoms with E-state index in [9.17, 15) is 0 Å². The molecule has 0 radical (unpaired) electrons. The van der Waals surface area contributed by atoms with Crippen LogP contribution in [0.5, 0.6) is 0 Å². The molecule has 16 heavy (non-hydrogen) atoms. The Labute approximate surface area is 99.1 Å². The van der Waals surface area contributed by atoms with E-state index >= 15 is 0 Å². The molecule has 0 spiro atoms. The number of hydrogen-bond donors (Lipinski definition) is 0. The minimum Gasteiger partial charge on any atom is -0.382 e. The van der Waals surface area contributed by atoms with Crippen molar-refractivity contribution < 1.29 is 9.47 Å². The van der Waals surface area contributed by atoms with Crippen molar-refractivity contribution in [2.24, 2.45) is 0 Å². The Morgan fingerprint density at radius 3 is 2.69 bits per heavy atom. The van der Waals surface area contributed by atoms with Gasteiger partial charge in [-0.05, 0) is 27.7 Å². The normalized spacial score (nSPS) is 26.4. The highest BCUT2D eigenvalue weighted by atomic mass is 16.5. The second kappa shape index (κ2) is 4.75. The van der Waals surface area contributed by atoms with E-state index in [1.54, 1.807) is 7.11 Å². The fourth-order valence-electron chi connectivity index (χ4n) is 2.09. The topological polar surface area (TPSA) is 21.7 Å². The summed E-state index contributed by atoms with van der Waals surface area (Å²) in [5.74, 6) is 2.84. The van der Waals surface area contributed by atoms with E-state index < -0.39 is 0 Å². The first-order valence-electron chi connectivity index (χ1n) is 5.70. The first-order chi connectivity index (χ1) is 7.30. The molecular formula is C13H23NO2. The second-order valence-corrected chi connectivity index (χ2v) is 5.54. The van der Waals surface area contributed by atoms with Gasteiger partial charge in [-0.25, -0.2) is 0 Å². The van der Waals surface area contributed by atoms with Gasteiger partial charge in [-0.1, -0.05) is 5.92 Å². The lowest BCUT2D eigenvalue weighted by Gasteiger charge is -2.47. The molecule has 1 atom stereocenters. The van der Waals surface area contributed by atoms with E-state index in [4.69, 9.17) is 15.9 Å². The van der Waals surface area contributed by atoms with Crippen LogP contribution in [0.1, 0.15) is 27.7 Å². The predicted octanol–water partition coefficient (Wildman–Crippen LogP) is 1.52. The molecule has 0 amide bonds.